The van der Waals surface area contributed by atoms with Gasteiger partial charge in [0.05, 0.1) is 0 Å². The SMILES string of the molecule is CC(C)c1cc(OCc2ccccc2)ccc1C=O. The third kappa shape index (κ3) is 3.44. The predicted molar refractivity (Wildman–Crippen MR) is 76.7 cm³/mol. The second-order valence-electron chi connectivity index (χ2n) is 4.84. The van der Waals surface area contributed by atoms with Crippen molar-refractivity contribution in [1.29, 1.82) is 0 Å². The van der Waals surface area contributed by atoms with E-state index in [1.165, 1.54) is 0 Å². The molecule has 0 spiro atoms. The van der Waals surface area contributed by atoms with Gasteiger partial charge in [0.25, 0.3) is 0 Å². The molecule has 0 heterocycles. The molecular weight excluding hydrogens is 236 g/mol. The lowest BCUT2D eigenvalue weighted by molar-refractivity contribution is 0.112. The summed E-state index contributed by atoms with van der Waals surface area (Å²) in [7, 11) is 0. The first-order valence-electron chi connectivity index (χ1n) is 6.46. The molecule has 0 N–H and O–H groups in total. The molecule has 0 saturated heterocycles. The van der Waals surface area contributed by atoms with Crippen LogP contribution in [0.5, 0.6) is 5.75 Å². The van der Waals surface area contributed by atoms with Gasteiger partial charge in [-0.3, -0.25) is 4.79 Å². The first-order chi connectivity index (χ1) is 9.20. The quantitative estimate of drug-likeness (QED) is 0.747. The maximum atomic E-state index is 11.0. The average Bonchev–Trinajstić information content (AvgIpc) is 2.46. The summed E-state index contributed by atoms with van der Waals surface area (Å²) in [5.74, 6) is 1.11. The van der Waals surface area contributed by atoms with Crippen LogP contribution in [-0.2, 0) is 6.61 Å². The molecule has 2 aromatic rings. The maximum Gasteiger partial charge on any atom is 0.150 e. The van der Waals surface area contributed by atoms with Gasteiger partial charge in [-0.1, -0.05) is 44.2 Å². The zero-order valence-corrected chi connectivity index (χ0v) is 11.3. The second-order valence-corrected chi connectivity index (χ2v) is 4.84. The van der Waals surface area contributed by atoms with Crippen molar-refractivity contribution in [2.24, 2.45) is 0 Å². The molecule has 0 unspecified atom stereocenters. The molecular formula is C17H18O2. The van der Waals surface area contributed by atoms with Crippen molar-refractivity contribution in [1.82, 2.24) is 0 Å². The molecule has 98 valence electrons. The summed E-state index contributed by atoms with van der Waals surface area (Å²) in [5, 5.41) is 0. The largest absolute Gasteiger partial charge is 0.489 e. The van der Waals surface area contributed by atoms with E-state index >= 15 is 0 Å². The fraction of sp³-hybridized carbons (Fsp3) is 0.235. The van der Waals surface area contributed by atoms with Crippen molar-refractivity contribution in [3.8, 4) is 5.75 Å². The summed E-state index contributed by atoms with van der Waals surface area (Å²) in [6, 6.07) is 15.7. The van der Waals surface area contributed by atoms with Crippen LogP contribution >= 0.6 is 0 Å². The van der Waals surface area contributed by atoms with Gasteiger partial charge in [-0.2, -0.15) is 0 Å². The van der Waals surface area contributed by atoms with Crippen molar-refractivity contribution in [3.63, 3.8) is 0 Å². The van der Waals surface area contributed by atoms with Crippen molar-refractivity contribution < 1.29 is 9.53 Å². The van der Waals surface area contributed by atoms with Crippen molar-refractivity contribution >= 4 is 6.29 Å². The fourth-order valence-electron chi connectivity index (χ4n) is 1.99. The van der Waals surface area contributed by atoms with Gasteiger partial charge in [-0.05, 0) is 35.2 Å². The molecule has 0 bridgehead atoms. The monoisotopic (exact) mass is 254 g/mol. The smallest absolute Gasteiger partial charge is 0.150 e. The first-order valence-corrected chi connectivity index (χ1v) is 6.46. The zero-order valence-electron chi connectivity index (χ0n) is 11.3. The summed E-state index contributed by atoms with van der Waals surface area (Å²) < 4.78 is 5.77. The molecule has 2 rings (SSSR count). The predicted octanol–water partition coefficient (Wildman–Crippen LogP) is 4.20. The van der Waals surface area contributed by atoms with Crippen LogP contribution in [-0.4, -0.2) is 6.29 Å². The molecule has 2 nitrogen and oxygen atoms in total. The highest BCUT2D eigenvalue weighted by molar-refractivity contribution is 5.78. The van der Waals surface area contributed by atoms with Crippen molar-refractivity contribution in [2.75, 3.05) is 0 Å². The van der Waals surface area contributed by atoms with Crippen LogP contribution in [0.25, 0.3) is 0 Å². The van der Waals surface area contributed by atoms with E-state index in [1.54, 1.807) is 0 Å². The molecule has 2 heteroatoms. The molecule has 0 aliphatic heterocycles. The summed E-state index contributed by atoms with van der Waals surface area (Å²) in [4.78, 5) is 11.0. The highest BCUT2D eigenvalue weighted by atomic mass is 16.5. The van der Waals surface area contributed by atoms with Crippen LogP contribution in [0.15, 0.2) is 48.5 Å². The summed E-state index contributed by atoms with van der Waals surface area (Å²) in [5.41, 5.74) is 2.90. The van der Waals surface area contributed by atoms with Crippen LogP contribution < -0.4 is 4.74 Å². The highest BCUT2D eigenvalue weighted by Gasteiger charge is 2.07. The molecule has 19 heavy (non-hydrogen) atoms. The Bertz CT molecular complexity index is 544. The molecule has 0 aliphatic rings. The lowest BCUT2D eigenvalue weighted by atomic mass is 9.98. The molecule has 0 radical (unpaired) electrons. The lowest BCUT2D eigenvalue weighted by Crippen LogP contribution is -1.99. The number of benzene rings is 2. The molecule has 0 aromatic heterocycles. The number of rotatable bonds is 5. The van der Waals surface area contributed by atoms with E-state index in [0.717, 1.165) is 28.7 Å². The normalized spacial score (nSPS) is 10.5. The van der Waals surface area contributed by atoms with Gasteiger partial charge < -0.3 is 4.74 Å². The van der Waals surface area contributed by atoms with Crippen molar-refractivity contribution in [3.05, 3.63) is 65.2 Å². The Kier molecular flexibility index (Phi) is 4.35. The summed E-state index contributed by atoms with van der Waals surface area (Å²) >= 11 is 0. The van der Waals surface area contributed by atoms with Crippen LogP contribution in [0.2, 0.25) is 0 Å². The summed E-state index contributed by atoms with van der Waals surface area (Å²) in [6.07, 6.45) is 0.899. The fourth-order valence-corrected chi connectivity index (χ4v) is 1.99. The van der Waals surface area contributed by atoms with Gasteiger partial charge in [-0.15, -0.1) is 0 Å². The number of carbonyl (C=O) groups excluding carboxylic acids is 1. The molecule has 0 amide bonds. The van der Waals surface area contributed by atoms with Crippen LogP contribution in [0.4, 0.5) is 0 Å². The number of hydrogen-bond acceptors (Lipinski definition) is 2. The second kappa shape index (κ2) is 6.19. The van der Waals surface area contributed by atoms with E-state index in [4.69, 9.17) is 4.74 Å². The first kappa shape index (κ1) is 13.3. The minimum Gasteiger partial charge on any atom is -0.489 e. The highest BCUT2D eigenvalue weighted by Crippen LogP contribution is 2.24. The Balaban J connectivity index is 2.13. The minimum atomic E-state index is 0.306. The van der Waals surface area contributed by atoms with Gasteiger partial charge in [0.15, 0.2) is 0 Å². The maximum absolute atomic E-state index is 11.0. The summed E-state index contributed by atoms with van der Waals surface area (Å²) in [6.45, 7) is 4.69. The number of carbonyl (C=O) groups is 1. The van der Waals surface area contributed by atoms with Gasteiger partial charge in [0.2, 0.25) is 0 Å². The Hall–Kier alpha value is -2.09. The molecule has 0 atom stereocenters. The standard InChI is InChI=1S/C17H18O2/c1-13(2)17-10-16(9-8-15(17)11-18)19-12-14-6-4-3-5-7-14/h3-11,13H,12H2,1-2H3. The number of ether oxygens (including phenoxy) is 1. The third-order valence-electron chi connectivity index (χ3n) is 3.06. The minimum absolute atomic E-state index is 0.306. The average molecular weight is 254 g/mol. The molecule has 0 saturated carbocycles. The van der Waals surface area contributed by atoms with Gasteiger partial charge >= 0.3 is 0 Å². The Morgan fingerprint density at radius 1 is 1.11 bits per heavy atom. The van der Waals surface area contributed by atoms with E-state index in [1.807, 2.05) is 48.5 Å². The van der Waals surface area contributed by atoms with Gasteiger partial charge in [0.1, 0.15) is 18.6 Å². The Labute approximate surface area is 114 Å². The zero-order chi connectivity index (χ0) is 13.7. The topological polar surface area (TPSA) is 26.3 Å². The number of hydrogen-bond donors (Lipinski definition) is 0. The third-order valence-corrected chi connectivity index (χ3v) is 3.06. The molecule has 2 aromatic carbocycles. The van der Waals surface area contributed by atoms with E-state index < -0.39 is 0 Å². The van der Waals surface area contributed by atoms with E-state index in [-0.39, 0.29) is 0 Å². The lowest BCUT2D eigenvalue weighted by Gasteiger charge is -2.12. The van der Waals surface area contributed by atoms with E-state index in [9.17, 15) is 4.79 Å². The van der Waals surface area contributed by atoms with Crippen LogP contribution in [0.1, 0.15) is 41.3 Å². The van der Waals surface area contributed by atoms with Crippen LogP contribution in [0, 0.1) is 0 Å². The van der Waals surface area contributed by atoms with Gasteiger partial charge in [0, 0.05) is 5.56 Å². The van der Waals surface area contributed by atoms with Gasteiger partial charge in [-0.25, -0.2) is 0 Å². The number of aldehydes is 1. The molecule has 0 fully saturated rings. The van der Waals surface area contributed by atoms with E-state index in [0.29, 0.717) is 12.5 Å². The van der Waals surface area contributed by atoms with E-state index in [2.05, 4.69) is 13.8 Å². The van der Waals surface area contributed by atoms with Crippen LogP contribution in [0.3, 0.4) is 0 Å². The Morgan fingerprint density at radius 3 is 2.47 bits per heavy atom. The van der Waals surface area contributed by atoms with Crippen molar-refractivity contribution in [2.45, 2.75) is 26.4 Å². The Morgan fingerprint density at radius 2 is 1.84 bits per heavy atom. The molecule has 0 aliphatic carbocycles.